The van der Waals surface area contributed by atoms with Gasteiger partial charge < -0.3 is 10.2 Å². The number of hydrogen-bond donors (Lipinski definition) is 1. The van der Waals surface area contributed by atoms with E-state index in [0.717, 1.165) is 36.5 Å². The number of anilines is 1. The van der Waals surface area contributed by atoms with Crippen LogP contribution in [0.2, 0.25) is 5.02 Å². The molecule has 0 aromatic heterocycles. The summed E-state index contributed by atoms with van der Waals surface area (Å²) in [6.45, 7) is 12.2. The summed E-state index contributed by atoms with van der Waals surface area (Å²) in [5, 5.41) is 4.35. The quantitative estimate of drug-likeness (QED) is 0.889. The van der Waals surface area contributed by atoms with Gasteiger partial charge in [-0.1, -0.05) is 45.4 Å². The van der Waals surface area contributed by atoms with Gasteiger partial charge in [-0.05, 0) is 36.0 Å². The smallest absolute Gasteiger partial charge is 0.0426 e. The molecule has 1 saturated heterocycles. The molecule has 1 N–H and O–H groups in total. The van der Waals surface area contributed by atoms with Crippen molar-refractivity contribution < 1.29 is 0 Å². The van der Waals surface area contributed by atoms with Gasteiger partial charge in [0.1, 0.15) is 0 Å². The van der Waals surface area contributed by atoms with E-state index in [1.807, 2.05) is 6.07 Å². The van der Waals surface area contributed by atoms with Gasteiger partial charge in [0.25, 0.3) is 0 Å². The van der Waals surface area contributed by atoms with E-state index in [4.69, 9.17) is 11.6 Å². The van der Waals surface area contributed by atoms with Crippen LogP contribution in [0.4, 0.5) is 5.69 Å². The molecule has 2 nitrogen and oxygen atoms in total. The van der Waals surface area contributed by atoms with E-state index in [2.05, 4.69) is 50.0 Å². The number of benzene rings is 1. The number of piperidine rings is 1. The molecule has 2 atom stereocenters. The lowest BCUT2D eigenvalue weighted by atomic mass is 9.91. The van der Waals surface area contributed by atoms with Crippen molar-refractivity contribution in [2.45, 2.75) is 46.7 Å². The van der Waals surface area contributed by atoms with Gasteiger partial charge in [0.15, 0.2) is 0 Å². The minimum Gasteiger partial charge on any atom is -0.371 e. The maximum absolute atomic E-state index is 6.22. The van der Waals surface area contributed by atoms with Crippen molar-refractivity contribution in [2.24, 2.45) is 11.8 Å². The molecule has 1 aliphatic rings. The van der Waals surface area contributed by atoms with Crippen LogP contribution in [0.3, 0.4) is 0 Å². The first-order chi connectivity index (χ1) is 9.45. The van der Waals surface area contributed by atoms with Crippen LogP contribution in [0.1, 0.15) is 39.7 Å². The topological polar surface area (TPSA) is 15.3 Å². The molecular formula is C17H27ClN2. The molecule has 1 aromatic rings. The Morgan fingerprint density at radius 2 is 1.90 bits per heavy atom. The fourth-order valence-electron chi connectivity index (χ4n) is 3.15. The molecule has 1 fully saturated rings. The monoisotopic (exact) mass is 294 g/mol. The summed E-state index contributed by atoms with van der Waals surface area (Å²) in [5.74, 6) is 1.51. The molecule has 0 bridgehead atoms. The first-order valence-electron chi connectivity index (χ1n) is 7.72. The van der Waals surface area contributed by atoms with Crippen LogP contribution >= 0.6 is 11.6 Å². The lowest BCUT2D eigenvalue weighted by molar-refractivity contribution is 0.356. The zero-order chi connectivity index (χ0) is 14.7. The van der Waals surface area contributed by atoms with E-state index in [-0.39, 0.29) is 0 Å². The highest BCUT2D eigenvalue weighted by molar-refractivity contribution is 6.30. The normalized spacial score (nSPS) is 23.4. The Hall–Kier alpha value is -0.730. The Morgan fingerprint density at radius 1 is 1.25 bits per heavy atom. The van der Waals surface area contributed by atoms with E-state index in [1.165, 1.54) is 17.7 Å². The van der Waals surface area contributed by atoms with Gasteiger partial charge in [-0.3, -0.25) is 0 Å². The SMILES string of the molecule is CC1CC(C)CN(c2cc(Cl)ccc2CNC(C)C)C1. The van der Waals surface area contributed by atoms with E-state index >= 15 is 0 Å². The lowest BCUT2D eigenvalue weighted by Crippen LogP contribution is -2.39. The molecule has 0 spiro atoms. The minimum absolute atomic E-state index is 0.498. The third-order valence-corrected chi connectivity index (χ3v) is 4.19. The summed E-state index contributed by atoms with van der Waals surface area (Å²) in [6.07, 6.45) is 1.33. The maximum atomic E-state index is 6.22. The standard InChI is InChI=1S/C17H27ClN2/c1-12(2)19-9-15-5-6-16(18)8-17(15)20-10-13(3)7-14(4)11-20/h5-6,8,12-14,19H,7,9-11H2,1-4H3. The van der Waals surface area contributed by atoms with Crippen molar-refractivity contribution in [1.82, 2.24) is 5.32 Å². The summed E-state index contributed by atoms with van der Waals surface area (Å²) < 4.78 is 0. The number of nitrogens with zero attached hydrogens (tertiary/aromatic N) is 1. The summed E-state index contributed by atoms with van der Waals surface area (Å²) in [6, 6.07) is 6.79. The Kier molecular flexibility index (Phi) is 5.34. The number of nitrogens with one attached hydrogen (secondary N) is 1. The van der Waals surface area contributed by atoms with E-state index in [1.54, 1.807) is 0 Å². The minimum atomic E-state index is 0.498. The molecule has 1 aliphatic heterocycles. The van der Waals surface area contributed by atoms with E-state index < -0.39 is 0 Å². The Morgan fingerprint density at radius 3 is 2.50 bits per heavy atom. The first-order valence-corrected chi connectivity index (χ1v) is 8.10. The molecule has 1 aromatic carbocycles. The van der Waals surface area contributed by atoms with Gasteiger partial charge in [-0.2, -0.15) is 0 Å². The molecule has 112 valence electrons. The molecule has 20 heavy (non-hydrogen) atoms. The highest BCUT2D eigenvalue weighted by atomic mass is 35.5. The van der Waals surface area contributed by atoms with Crippen molar-refractivity contribution >= 4 is 17.3 Å². The molecule has 2 unspecified atom stereocenters. The van der Waals surface area contributed by atoms with Gasteiger partial charge >= 0.3 is 0 Å². The van der Waals surface area contributed by atoms with Crippen LogP contribution in [0.15, 0.2) is 18.2 Å². The van der Waals surface area contributed by atoms with Gasteiger partial charge in [-0.15, -0.1) is 0 Å². The zero-order valence-corrected chi connectivity index (χ0v) is 13.9. The molecule has 0 amide bonds. The van der Waals surface area contributed by atoms with Crippen LogP contribution in [0.5, 0.6) is 0 Å². The molecule has 0 aliphatic carbocycles. The Bertz CT molecular complexity index is 435. The fraction of sp³-hybridized carbons (Fsp3) is 0.647. The second-order valence-electron chi connectivity index (χ2n) is 6.66. The van der Waals surface area contributed by atoms with Crippen LogP contribution in [-0.2, 0) is 6.54 Å². The van der Waals surface area contributed by atoms with Crippen LogP contribution in [-0.4, -0.2) is 19.1 Å². The third kappa shape index (κ3) is 4.13. The largest absolute Gasteiger partial charge is 0.371 e. The summed E-state index contributed by atoms with van der Waals surface area (Å²) in [4.78, 5) is 2.52. The molecule has 3 heteroatoms. The van der Waals surface area contributed by atoms with Gasteiger partial charge in [-0.25, -0.2) is 0 Å². The molecular weight excluding hydrogens is 268 g/mol. The van der Waals surface area contributed by atoms with Crippen molar-refractivity contribution in [3.8, 4) is 0 Å². The number of hydrogen-bond acceptors (Lipinski definition) is 2. The Balaban J connectivity index is 2.21. The molecule has 1 heterocycles. The Labute approximate surface area is 128 Å². The average molecular weight is 295 g/mol. The van der Waals surface area contributed by atoms with Crippen LogP contribution in [0, 0.1) is 11.8 Å². The second kappa shape index (κ2) is 6.82. The van der Waals surface area contributed by atoms with Crippen molar-refractivity contribution in [3.63, 3.8) is 0 Å². The fourth-order valence-corrected chi connectivity index (χ4v) is 3.32. The van der Waals surface area contributed by atoms with Gasteiger partial charge in [0.2, 0.25) is 0 Å². The highest BCUT2D eigenvalue weighted by Crippen LogP contribution is 2.31. The van der Waals surface area contributed by atoms with Gasteiger partial charge in [0, 0.05) is 36.4 Å². The van der Waals surface area contributed by atoms with Crippen molar-refractivity contribution in [1.29, 1.82) is 0 Å². The van der Waals surface area contributed by atoms with Crippen LogP contribution in [0.25, 0.3) is 0 Å². The average Bonchev–Trinajstić information content (AvgIpc) is 2.36. The van der Waals surface area contributed by atoms with Gasteiger partial charge in [0.05, 0.1) is 0 Å². The predicted octanol–water partition coefficient (Wildman–Crippen LogP) is 4.32. The lowest BCUT2D eigenvalue weighted by Gasteiger charge is -2.38. The van der Waals surface area contributed by atoms with Crippen LogP contribution < -0.4 is 10.2 Å². The van der Waals surface area contributed by atoms with E-state index in [0.29, 0.717) is 6.04 Å². The second-order valence-corrected chi connectivity index (χ2v) is 7.10. The maximum Gasteiger partial charge on any atom is 0.0426 e. The molecule has 2 rings (SSSR count). The zero-order valence-electron chi connectivity index (χ0n) is 13.1. The first kappa shape index (κ1) is 15.7. The molecule has 0 radical (unpaired) electrons. The van der Waals surface area contributed by atoms with Crippen molar-refractivity contribution in [2.75, 3.05) is 18.0 Å². The van der Waals surface area contributed by atoms with E-state index in [9.17, 15) is 0 Å². The summed E-state index contributed by atoms with van der Waals surface area (Å²) >= 11 is 6.22. The highest BCUT2D eigenvalue weighted by Gasteiger charge is 2.23. The third-order valence-electron chi connectivity index (χ3n) is 3.96. The molecule has 0 saturated carbocycles. The summed E-state index contributed by atoms with van der Waals surface area (Å²) in [7, 11) is 0. The predicted molar refractivity (Wildman–Crippen MR) is 88.6 cm³/mol. The number of rotatable bonds is 4. The van der Waals surface area contributed by atoms with Crippen molar-refractivity contribution in [3.05, 3.63) is 28.8 Å². The summed E-state index contributed by atoms with van der Waals surface area (Å²) in [5.41, 5.74) is 2.66. The number of halogens is 1.